The highest BCUT2D eigenvalue weighted by atomic mass is 32.2. The lowest BCUT2D eigenvalue weighted by Crippen LogP contribution is -2.39. The Balaban J connectivity index is 1.57. The second kappa shape index (κ2) is 11.0. The minimum atomic E-state index is -1.61. The van der Waals surface area contributed by atoms with Crippen molar-refractivity contribution in [1.82, 2.24) is 19.9 Å². The average Bonchev–Trinajstić information content (AvgIpc) is 3.57. The zero-order chi connectivity index (χ0) is 28.7. The molecule has 3 aromatic rings. The number of likely N-dealkylation sites (tertiary alicyclic amines) is 1. The number of fused-ring (bicyclic) bond motifs is 1. The number of amides is 2. The zero-order valence-corrected chi connectivity index (χ0v) is 24.5. The fourth-order valence-electron chi connectivity index (χ4n) is 4.70. The van der Waals surface area contributed by atoms with Crippen LogP contribution in [0.15, 0.2) is 41.3 Å². The molecule has 0 radical (unpaired) electrons. The first-order valence-electron chi connectivity index (χ1n) is 13.4. The zero-order valence-electron chi connectivity index (χ0n) is 22.8. The fraction of sp³-hybridized carbons (Fsp3) is 0.448. The number of nitrogens with zero attached hydrogens (tertiary/aromatic N) is 3. The van der Waals surface area contributed by atoms with Gasteiger partial charge >= 0.3 is 0 Å². The Hall–Kier alpha value is -3.17. The number of thiazole rings is 1. The first-order valence-corrected chi connectivity index (χ1v) is 15.4. The van der Waals surface area contributed by atoms with Gasteiger partial charge in [0.15, 0.2) is 5.01 Å². The molecule has 1 saturated heterocycles. The highest BCUT2D eigenvalue weighted by molar-refractivity contribution is 7.83. The van der Waals surface area contributed by atoms with Gasteiger partial charge in [-0.25, -0.2) is 13.9 Å². The third-order valence-electron chi connectivity index (χ3n) is 7.36. The fourth-order valence-corrected chi connectivity index (χ4v) is 7.00. The first kappa shape index (κ1) is 28.4. The van der Waals surface area contributed by atoms with Gasteiger partial charge < -0.3 is 15.3 Å². The van der Waals surface area contributed by atoms with Crippen LogP contribution in [-0.2, 0) is 11.0 Å². The van der Waals surface area contributed by atoms with Crippen LogP contribution in [-0.4, -0.2) is 61.8 Å². The lowest BCUT2D eigenvalue weighted by molar-refractivity contribution is 0.0685. The van der Waals surface area contributed by atoms with Crippen LogP contribution in [0.1, 0.15) is 66.7 Å². The second-order valence-corrected chi connectivity index (χ2v) is 13.6. The number of hydrogen-bond donors (Lipinski definition) is 3. The molecule has 1 saturated carbocycles. The van der Waals surface area contributed by atoms with Crippen LogP contribution in [0.5, 0.6) is 0 Å². The van der Waals surface area contributed by atoms with E-state index in [9.17, 15) is 24.2 Å². The minimum absolute atomic E-state index is 0.0364. The maximum atomic E-state index is 13.8. The summed E-state index contributed by atoms with van der Waals surface area (Å²) in [5.41, 5.74) is -0.921. The van der Waals surface area contributed by atoms with E-state index >= 15 is 0 Å². The summed E-state index contributed by atoms with van der Waals surface area (Å²) in [5.74, 6) is -0.135. The maximum Gasteiger partial charge on any atom is 0.280 e. The van der Waals surface area contributed by atoms with Crippen molar-refractivity contribution in [3.05, 3.63) is 47.1 Å². The van der Waals surface area contributed by atoms with E-state index in [4.69, 9.17) is 0 Å². The number of aliphatic hydroxyl groups is 1. The van der Waals surface area contributed by atoms with Crippen molar-refractivity contribution >= 4 is 44.9 Å². The number of carbonyl (C=O) groups is 2. The Morgan fingerprint density at radius 1 is 1.20 bits per heavy atom. The summed E-state index contributed by atoms with van der Waals surface area (Å²) < 4.78 is 16.3. The third kappa shape index (κ3) is 5.95. The van der Waals surface area contributed by atoms with E-state index < -0.39 is 28.0 Å². The lowest BCUT2D eigenvalue weighted by atomic mass is 9.98. The Labute approximate surface area is 240 Å². The van der Waals surface area contributed by atoms with E-state index in [1.807, 2.05) is 30.3 Å². The summed E-state index contributed by atoms with van der Waals surface area (Å²) in [7, 11) is -1.61. The number of aromatic nitrogens is 1. The van der Waals surface area contributed by atoms with Gasteiger partial charge in [-0.2, -0.15) is 5.26 Å². The highest BCUT2D eigenvalue weighted by Gasteiger charge is 2.45. The average molecular weight is 580 g/mol. The monoisotopic (exact) mass is 579 g/mol. The summed E-state index contributed by atoms with van der Waals surface area (Å²) in [5, 5.41) is 23.9. The van der Waals surface area contributed by atoms with Gasteiger partial charge in [0.1, 0.15) is 22.2 Å². The summed E-state index contributed by atoms with van der Waals surface area (Å²) >= 11 is 1.13. The minimum Gasteiger partial charge on any atom is -0.389 e. The van der Waals surface area contributed by atoms with E-state index in [0.717, 1.165) is 35.0 Å². The second-order valence-electron chi connectivity index (χ2n) is 11.4. The van der Waals surface area contributed by atoms with Crippen LogP contribution < -0.4 is 10.0 Å². The lowest BCUT2D eigenvalue weighted by Gasteiger charge is -2.30. The molecule has 9 nitrogen and oxygen atoms in total. The van der Waals surface area contributed by atoms with Gasteiger partial charge in [-0.05, 0) is 62.3 Å². The van der Waals surface area contributed by atoms with Gasteiger partial charge in [0.25, 0.3) is 11.8 Å². The van der Waals surface area contributed by atoms with Crippen molar-refractivity contribution in [2.75, 3.05) is 19.6 Å². The molecule has 1 unspecified atom stereocenters. The largest absolute Gasteiger partial charge is 0.389 e. The molecule has 0 spiro atoms. The molecule has 5 rings (SSSR count). The molecular formula is C29H33N5O4S2. The third-order valence-corrected chi connectivity index (χ3v) is 9.78. The van der Waals surface area contributed by atoms with E-state index in [2.05, 4.69) is 28.0 Å². The van der Waals surface area contributed by atoms with E-state index in [1.54, 1.807) is 24.8 Å². The van der Waals surface area contributed by atoms with Crippen LogP contribution in [0.3, 0.4) is 0 Å². The van der Waals surface area contributed by atoms with Crippen molar-refractivity contribution in [2.45, 2.75) is 62.5 Å². The molecule has 210 valence electrons. The molecule has 2 aliphatic rings. The van der Waals surface area contributed by atoms with Crippen LogP contribution >= 0.6 is 11.3 Å². The van der Waals surface area contributed by atoms with Gasteiger partial charge in [-0.3, -0.25) is 9.59 Å². The molecule has 1 aliphatic carbocycles. The number of rotatable bonds is 8. The van der Waals surface area contributed by atoms with Crippen LogP contribution in [0.4, 0.5) is 0 Å². The van der Waals surface area contributed by atoms with Gasteiger partial charge in [0.2, 0.25) is 0 Å². The standard InChI is InChI=1S/C29H33N5O4S2/c1-18-10-14-34(15-11-18)27(36)23-24(39-26(32-23)25(35)31-17-28(2,3)37)21-8-9-22(20-7-5-4-6-19(20)21)40(38)33-29(16-30)12-13-29/h4-9,18,33,37H,10-15,17H2,1-3H3,(H,31,35). The van der Waals surface area contributed by atoms with E-state index in [0.29, 0.717) is 47.2 Å². The molecule has 0 bridgehead atoms. The number of nitrogens with one attached hydrogen (secondary N) is 2. The van der Waals surface area contributed by atoms with Gasteiger partial charge in [-0.15, -0.1) is 11.3 Å². The molecule has 3 N–H and O–H groups in total. The number of carbonyl (C=O) groups excluding carboxylic acids is 2. The number of piperidine rings is 1. The predicted octanol–water partition coefficient (Wildman–Crippen LogP) is 4.00. The van der Waals surface area contributed by atoms with Crippen molar-refractivity contribution in [3.8, 4) is 16.5 Å². The SMILES string of the molecule is CC1CCN(C(=O)c2nc(C(=O)NCC(C)(C)O)sc2-c2ccc(S(=O)NC3(C#N)CC3)c3ccccc23)CC1. The molecule has 1 aliphatic heterocycles. The molecule has 2 amide bonds. The molecular weight excluding hydrogens is 546 g/mol. The Morgan fingerprint density at radius 3 is 2.50 bits per heavy atom. The Kier molecular flexibility index (Phi) is 7.81. The molecule has 1 atom stereocenters. The molecule has 40 heavy (non-hydrogen) atoms. The Morgan fingerprint density at radius 2 is 1.88 bits per heavy atom. The molecule has 1 aromatic heterocycles. The summed E-state index contributed by atoms with van der Waals surface area (Å²) in [6.07, 6.45) is 3.13. The Bertz CT molecular complexity index is 1530. The molecule has 11 heteroatoms. The normalized spacial score (nSPS) is 17.8. The molecule has 2 aromatic carbocycles. The topological polar surface area (TPSA) is 135 Å². The predicted molar refractivity (Wildman–Crippen MR) is 155 cm³/mol. The quantitative estimate of drug-likeness (QED) is 0.369. The number of hydrogen-bond acceptors (Lipinski definition) is 7. The highest BCUT2D eigenvalue weighted by Crippen LogP contribution is 2.40. The maximum absolute atomic E-state index is 13.8. The van der Waals surface area contributed by atoms with Crippen LogP contribution in [0, 0.1) is 17.2 Å². The number of benzene rings is 2. The van der Waals surface area contributed by atoms with Gasteiger partial charge in [-0.1, -0.05) is 37.3 Å². The smallest absolute Gasteiger partial charge is 0.280 e. The molecule has 2 heterocycles. The molecule has 2 fully saturated rings. The van der Waals surface area contributed by atoms with Crippen LogP contribution in [0.2, 0.25) is 0 Å². The van der Waals surface area contributed by atoms with Crippen molar-refractivity contribution in [2.24, 2.45) is 5.92 Å². The van der Waals surface area contributed by atoms with E-state index in [1.165, 1.54) is 0 Å². The van der Waals surface area contributed by atoms with Crippen molar-refractivity contribution < 1.29 is 18.9 Å². The first-order chi connectivity index (χ1) is 19.0. The van der Waals surface area contributed by atoms with Crippen molar-refractivity contribution in [1.29, 1.82) is 5.26 Å². The summed E-state index contributed by atoms with van der Waals surface area (Å²) in [6.45, 7) is 6.66. The van der Waals surface area contributed by atoms with Gasteiger partial charge in [0.05, 0.1) is 21.4 Å². The van der Waals surface area contributed by atoms with E-state index in [-0.39, 0.29) is 23.2 Å². The number of nitriles is 1. The summed E-state index contributed by atoms with van der Waals surface area (Å²) in [6, 6.07) is 13.3. The van der Waals surface area contributed by atoms with Gasteiger partial charge in [0, 0.05) is 25.2 Å². The summed E-state index contributed by atoms with van der Waals surface area (Å²) in [4.78, 5) is 34.2. The van der Waals surface area contributed by atoms with Crippen LogP contribution in [0.25, 0.3) is 21.2 Å². The van der Waals surface area contributed by atoms with Crippen molar-refractivity contribution in [3.63, 3.8) is 0 Å².